The summed E-state index contributed by atoms with van der Waals surface area (Å²) in [5.74, 6) is 0. The van der Waals surface area contributed by atoms with Gasteiger partial charge in [-0.25, -0.2) is 8.42 Å². The van der Waals surface area contributed by atoms with Gasteiger partial charge in [-0.3, -0.25) is 4.72 Å². The molecule has 0 saturated carbocycles. The van der Waals surface area contributed by atoms with Crippen LogP contribution in [-0.4, -0.2) is 8.42 Å². The second-order valence-corrected chi connectivity index (χ2v) is 7.01. The highest BCUT2D eigenvalue weighted by Crippen LogP contribution is 2.29. The molecule has 0 aliphatic heterocycles. The molecule has 0 aromatic heterocycles. The molecule has 0 heterocycles. The average Bonchev–Trinajstić information content (AvgIpc) is 2.35. The van der Waals surface area contributed by atoms with E-state index in [0.717, 1.165) is 0 Å². The fourth-order valence-electron chi connectivity index (χ4n) is 1.43. The van der Waals surface area contributed by atoms with Gasteiger partial charge in [-0.1, -0.05) is 35.3 Å². The van der Waals surface area contributed by atoms with E-state index < -0.39 is 10.0 Å². The van der Waals surface area contributed by atoms with Crippen LogP contribution in [0.2, 0.25) is 10.0 Å². The fourth-order valence-corrected chi connectivity index (χ4v) is 3.79. The quantitative estimate of drug-likeness (QED) is 0.848. The largest absolute Gasteiger partial charge is 0.278 e. The van der Waals surface area contributed by atoms with Gasteiger partial charge in [-0.2, -0.15) is 0 Å². The molecular weight excluding hydrogens is 373 g/mol. The summed E-state index contributed by atoms with van der Waals surface area (Å²) in [4.78, 5) is -0.0579. The lowest BCUT2D eigenvalue weighted by molar-refractivity contribution is 0.601. The number of sulfonamides is 1. The number of rotatable bonds is 3. The van der Waals surface area contributed by atoms with Crippen LogP contribution < -0.4 is 4.72 Å². The third kappa shape index (κ3) is 3.42. The number of halogens is 3. The van der Waals surface area contributed by atoms with E-state index in [9.17, 15) is 8.42 Å². The molecule has 0 aliphatic rings. The zero-order chi connectivity index (χ0) is 14.0. The maximum atomic E-state index is 12.3. The Morgan fingerprint density at radius 2 is 1.74 bits per heavy atom. The molecule has 0 radical (unpaired) electrons. The van der Waals surface area contributed by atoms with Crippen molar-refractivity contribution in [2.24, 2.45) is 0 Å². The van der Waals surface area contributed by atoms with Gasteiger partial charge in [0.25, 0.3) is 10.0 Å². The lowest BCUT2D eigenvalue weighted by Gasteiger charge is -2.11. The number of hydrogen-bond acceptors (Lipinski definition) is 2. The van der Waals surface area contributed by atoms with E-state index in [1.165, 1.54) is 18.2 Å². The molecule has 100 valence electrons. The van der Waals surface area contributed by atoms with Crippen molar-refractivity contribution >= 4 is 54.8 Å². The first-order valence-electron chi connectivity index (χ1n) is 5.12. The van der Waals surface area contributed by atoms with Gasteiger partial charge in [0.2, 0.25) is 0 Å². The standard InChI is InChI=1S/C12H8BrCl2NO2S/c13-9-3-1-2-4-11(9)16-19(17,18)12-7-8(14)5-6-10(12)15/h1-7,16H. The molecule has 0 aliphatic carbocycles. The van der Waals surface area contributed by atoms with Crippen molar-refractivity contribution in [3.05, 3.63) is 57.0 Å². The SMILES string of the molecule is O=S(=O)(Nc1ccccc1Br)c1cc(Cl)ccc1Cl. The molecule has 0 atom stereocenters. The van der Waals surface area contributed by atoms with Gasteiger partial charge < -0.3 is 0 Å². The van der Waals surface area contributed by atoms with Crippen LogP contribution in [0.5, 0.6) is 0 Å². The Morgan fingerprint density at radius 3 is 2.42 bits per heavy atom. The number of benzene rings is 2. The van der Waals surface area contributed by atoms with Crippen molar-refractivity contribution < 1.29 is 8.42 Å². The first-order chi connectivity index (χ1) is 8.90. The van der Waals surface area contributed by atoms with E-state index in [1.54, 1.807) is 24.3 Å². The summed E-state index contributed by atoms with van der Waals surface area (Å²) in [5.41, 5.74) is 0.429. The highest BCUT2D eigenvalue weighted by Gasteiger charge is 2.19. The summed E-state index contributed by atoms with van der Waals surface area (Å²) in [7, 11) is -3.79. The summed E-state index contributed by atoms with van der Waals surface area (Å²) in [6.07, 6.45) is 0. The van der Waals surface area contributed by atoms with Crippen molar-refractivity contribution in [2.75, 3.05) is 4.72 Å². The molecule has 2 aromatic rings. The van der Waals surface area contributed by atoms with E-state index in [4.69, 9.17) is 23.2 Å². The van der Waals surface area contributed by atoms with Crippen LogP contribution >= 0.6 is 39.1 Å². The second kappa shape index (κ2) is 5.71. The number of anilines is 1. The molecule has 0 unspecified atom stereocenters. The molecule has 19 heavy (non-hydrogen) atoms. The first-order valence-corrected chi connectivity index (χ1v) is 8.16. The number of nitrogens with one attached hydrogen (secondary N) is 1. The summed E-state index contributed by atoms with van der Waals surface area (Å²) < 4.78 is 27.6. The van der Waals surface area contributed by atoms with Gasteiger partial charge >= 0.3 is 0 Å². The van der Waals surface area contributed by atoms with Gasteiger partial charge in [0.05, 0.1) is 10.7 Å². The summed E-state index contributed by atoms with van der Waals surface area (Å²) in [6.45, 7) is 0. The molecule has 0 amide bonds. The minimum atomic E-state index is -3.79. The lowest BCUT2D eigenvalue weighted by Crippen LogP contribution is -2.13. The summed E-state index contributed by atoms with van der Waals surface area (Å²) >= 11 is 15.0. The van der Waals surface area contributed by atoms with Crippen LogP contribution in [0.1, 0.15) is 0 Å². The Hall–Kier alpha value is -0.750. The molecule has 2 rings (SSSR count). The molecular formula is C12H8BrCl2NO2S. The Labute approximate surface area is 129 Å². The van der Waals surface area contributed by atoms with E-state index in [1.807, 2.05) is 0 Å². The topological polar surface area (TPSA) is 46.2 Å². The smallest absolute Gasteiger partial charge is 0.263 e. The van der Waals surface area contributed by atoms with Gasteiger partial charge in [-0.15, -0.1) is 0 Å². The third-order valence-electron chi connectivity index (χ3n) is 2.30. The van der Waals surface area contributed by atoms with Crippen molar-refractivity contribution in [2.45, 2.75) is 4.90 Å². The van der Waals surface area contributed by atoms with Crippen LogP contribution in [-0.2, 0) is 10.0 Å². The zero-order valence-corrected chi connectivity index (χ0v) is 13.3. The molecule has 3 nitrogen and oxygen atoms in total. The maximum Gasteiger partial charge on any atom is 0.263 e. The normalized spacial score (nSPS) is 11.3. The minimum absolute atomic E-state index is 0.0579. The van der Waals surface area contributed by atoms with Gasteiger partial charge in [-0.05, 0) is 46.3 Å². The highest BCUT2D eigenvalue weighted by molar-refractivity contribution is 9.10. The van der Waals surface area contributed by atoms with Gasteiger partial charge in [0.1, 0.15) is 4.90 Å². The Balaban J connectivity index is 2.44. The van der Waals surface area contributed by atoms with Crippen molar-refractivity contribution in [1.29, 1.82) is 0 Å². The predicted octanol–water partition coefficient (Wildman–Crippen LogP) is 4.56. The Morgan fingerprint density at radius 1 is 1.05 bits per heavy atom. The van der Waals surface area contributed by atoms with Gasteiger partial charge in [0, 0.05) is 9.50 Å². The first kappa shape index (κ1) is 14.7. The molecule has 7 heteroatoms. The molecule has 0 spiro atoms. The van der Waals surface area contributed by atoms with Crippen LogP contribution in [0.25, 0.3) is 0 Å². The van der Waals surface area contributed by atoms with E-state index in [-0.39, 0.29) is 9.92 Å². The van der Waals surface area contributed by atoms with Crippen molar-refractivity contribution in [1.82, 2.24) is 0 Å². The number of hydrogen-bond donors (Lipinski definition) is 1. The Kier molecular flexibility index (Phi) is 4.40. The average molecular weight is 381 g/mol. The van der Waals surface area contributed by atoms with Crippen LogP contribution in [0, 0.1) is 0 Å². The van der Waals surface area contributed by atoms with E-state index in [2.05, 4.69) is 20.7 Å². The van der Waals surface area contributed by atoms with Crippen molar-refractivity contribution in [3.8, 4) is 0 Å². The lowest BCUT2D eigenvalue weighted by atomic mass is 10.3. The third-order valence-corrected chi connectivity index (χ3v) is 5.07. The Bertz CT molecular complexity index is 719. The predicted molar refractivity (Wildman–Crippen MR) is 81.4 cm³/mol. The van der Waals surface area contributed by atoms with Crippen LogP contribution in [0.3, 0.4) is 0 Å². The van der Waals surface area contributed by atoms with Crippen LogP contribution in [0.4, 0.5) is 5.69 Å². The second-order valence-electron chi connectivity index (χ2n) is 3.66. The molecule has 0 saturated heterocycles. The fraction of sp³-hybridized carbons (Fsp3) is 0. The molecule has 2 aromatic carbocycles. The molecule has 0 fully saturated rings. The van der Waals surface area contributed by atoms with E-state index in [0.29, 0.717) is 15.2 Å². The highest BCUT2D eigenvalue weighted by atomic mass is 79.9. The molecule has 1 N–H and O–H groups in total. The molecule has 0 bridgehead atoms. The van der Waals surface area contributed by atoms with E-state index >= 15 is 0 Å². The zero-order valence-electron chi connectivity index (χ0n) is 9.40. The summed E-state index contributed by atoms with van der Waals surface area (Å²) in [5, 5.41) is 0.417. The van der Waals surface area contributed by atoms with Crippen LogP contribution in [0.15, 0.2) is 51.8 Å². The maximum absolute atomic E-state index is 12.3. The number of para-hydroxylation sites is 1. The monoisotopic (exact) mass is 379 g/mol. The minimum Gasteiger partial charge on any atom is -0.278 e. The van der Waals surface area contributed by atoms with Crippen molar-refractivity contribution in [3.63, 3.8) is 0 Å². The summed E-state index contributed by atoms with van der Waals surface area (Å²) in [6, 6.07) is 11.2. The van der Waals surface area contributed by atoms with Gasteiger partial charge in [0.15, 0.2) is 0 Å².